The molecule has 0 amide bonds. The minimum absolute atomic E-state index is 0.318. The third-order valence-corrected chi connectivity index (χ3v) is 5.41. The molecule has 10 heteroatoms. The molecule has 1 fully saturated rings. The van der Waals surface area contributed by atoms with Crippen molar-refractivity contribution in [3.8, 4) is 0 Å². The molecule has 142 valence electrons. The number of nitrogens with one attached hydrogen (secondary N) is 1. The largest absolute Gasteiger partial charge is 0.390 e. The summed E-state index contributed by atoms with van der Waals surface area (Å²) in [5.74, 6) is 5.30. The maximum absolute atomic E-state index is 10.7. The van der Waals surface area contributed by atoms with E-state index in [1.165, 1.54) is 6.33 Å². The van der Waals surface area contributed by atoms with E-state index in [9.17, 15) is 15.3 Å². The van der Waals surface area contributed by atoms with Crippen molar-refractivity contribution in [1.29, 1.82) is 0 Å². The third kappa shape index (κ3) is 3.03. The van der Waals surface area contributed by atoms with Crippen molar-refractivity contribution in [2.24, 2.45) is 11.8 Å². The summed E-state index contributed by atoms with van der Waals surface area (Å²) in [6.45, 7) is 0. The average molecular weight is 391 g/mol. The quantitative estimate of drug-likeness (QED) is 0.325. The molecule has 3 aromatic rings. The summed E-state index contributed by atoms with van der Waals surface area (Å²) in [4.78, 5) is 8.24. The van der Waals surface area contributed by atoms with Crippen molar-refractivity contribution < 1.29 is 15.3 Å². The summed E-state index contributed by atoms with van der Waals surface area (Å²) < 4.78 is 1.54. The lowest BCUT2D eigenvalue weighted by Crippen LogP contribution is -2.31. The highest BCUT2D eigenvalue weighted by Gasteiger charge is 2.46. The Hall–Kier alpha value is -2.30. The van der Waals surface area contributed by atoms with E-state index in [1.807, 2.05) is 0 Å². The first-order valence-electron chi connectivity index (χ1n) is 8.45. The van der Waals surface area contributed by atoms with Crippen molar-refractivity contribution in [3.63, 3.8) is 0 Å². The minimum Gasteiger partial charge on any atom is -0.390 e. The SMILES string of the molecule is NNc1ncnc2c1cnn2[C@@H]1C[C@H]([C@H](O)c2ccc(Cl)cc2)[C@@H](O)[C@H]1O. The smallest absolute Gasteiger partial charge is 0.163 e. The summed E-state index contributed by atoms with van der Waals surface area (Å²) in [5, 5.41) is 37.3. The van der Waals surface area contributed by atoms with E-state index in [0.29, 0.717) is 33.9 Å². The Balaban J connectivity index is 1.65. The molecule has 1 aromatic carbocycles. The number of halogens is 1. The van der Waals surface area contributed by atoms with Gasteiger partial charge in [0.1, 0.15) is 12.4 Å². The molecule has 6 N–H and O–H groups in total. The van der Waals surface area contributed by atoms with Crippen LogP contribution >= 0.6 is 11.6 Å². The first-order valence-corrected chi connectivity index (χ1v) is 8.83. The summed E-state index contributed by atoms with van der Waals surface area (Å²) in [7, 11) is 0. The van der Waals surface area contributed by atoms with Crippen molar-refractivity contribution in [3.05, 3.63) is 47.4 Å². The van der Waals surface area contributed by atoms with Gasteiger partial charge in [-0.2, -0.15) is 5.10 Å². The van der Waals surface area contributed by atoms with Crippen LogP contribution in [0.15, 0.2) is 36.8 Å². The second-order valence-corrected chi connectivity index (χ2v) is 7.07. The van der Waals surface area contributed by atoms with Crippen LogP contribution in [-0.4, -0.2) is 47.3 Å². The molecule has 9 nitrogen and oxygen atoms in total. The Kier molecular flexibility index (Phi) is 4.70. The average Bonchev–Trinajstić information content (AvgIpc) is 3.23. The normalized spacial score (nSPS) is 26.4. The summed E-state index contributed by atoms with van der Waals surface area (Å²) in [6.07, 6.45) is 0.0334. The van der Waals surface area contributed by atoms with Crippen LogP contribution in [-0.2, 0) is 0 Å². The van der Waals surface area contributed by atoms with E-state index in [2.05, 4.69) is 20.5 Å². The highest BCUT2D eigenvalue weighted by Crippen LogP contribution is 2.42. The molecule has 1 saturated carbocycles. The number of fused-ring (bicyclic) bond motifs is 1. The van der Waals surface area contributed by atoms with Gasteiger partial charge in [0, 0.05) is 10.9 Å². The second kappa shape index (κ2) is 7.02. The molecule has 2 heterocycles. The summed E-state index contributed by atoms with van der Waals surface area (Å²) in [5.41, 5.74) is 3.59. The number of nitrogens with zero attached hydrogens (tertiary/aromatic N) is 4. The molecule has 5 atom stereocenters. The van der Waals surface area contributed by atoms with Gasteiger partial charge in [0.25, 0.3) is 0 Å². The summed E-state index contributed by atoms with van der Waals surface area (Å²) >= 11 is 5.89. The monoisotopic (exact) mass is 390 g/mol. The molecule has 0 saturated heterocycles. The van der Waals surface area contributed by atoms with Crippen molar-refractivity contribution in [2.75, 3.05) is 5.43 Å². The molecule has 0 bridgehead atoms. The molecule has 2 aromatic heterocycles. The van der Waals surface area contributed by atoms with Crippen LogP contribution in [0.25, 0.3) is 11.0 Å². The number of anilines is 1. The van der Waals surface area contributed by atoms with E-state index in [4.69, 9.17) is 17.4 Å². The van der Waals surface area contributed by atoms with Crippen LogP contribution in [0.2, 0.25) is 5.02 Å². The van der Waals surface area contributed by atoms with Crippen LogP contribution in [0.5, 0.6) is 0 Å². The lowest BCUT2D eigenvalue weighted by Gasteiger charge is -2.22. The molecule has 0 radical (unpaired) electrons. The van der Waals surface area contributed by atoms with Gasteiger partial charge in [-0.1, -0.05) is 23.7 Å². The van der Waals surface area contributed by atoms with E-state index in [0.717, 1.165) is 0 Å². The minimum atomic E-state index is -1.12. The molecule has 0 aliphatic heterocycles. The lowest BCUT2D eigenvalue weighted by atomic mass is 9.92. The number of aliphatic hydroxyl groups excluding tert-OH is 3. The Morgan fingerprint density at radius 2 is 1.93 bits per heavy atom. The van der Waals surface area contributed by atoms with Gasteiger partial charge in [-0.25, -0.2) is 20.5 Å². The molecule has 1 aliphatic carbocycles. The Morgan fingerprint density at radius 1 is 1.19 bits per heavy atom. The number of rotatable bonds is 4. The van der Waals surface area contributed by atoms with Crippen molar-refractivity contribution >= 4 is 28.5 Å². The molecular formula is C17H19ClN6O3. The topological polar surface area (TPSA) is 142 Å². The van der Waals surface area contributed by atoms with Crippen LogP contribution in [0.3, 0.4) is 0 Å². The van der Waals surface area contributed by atoms with Crippen LogP contribution < -0.4 is 11.3 Å². The standard InChI is InChI=1S/C17H19ClN6O3/c18-9-3-1-8(2-4-9)13(25)10-5-12(15(27)14(10)26)24-17-11(6-22-24)16(23-19)20-7-21-17/h1-4,6-7,10,12-15,25-27H,5,19H2,(H,20,21,23)/t10-,12-,13-,14-,15+/m1/s1. The van der Waals surface area contributed by atoms with Gasteiger partial charge in [0.05, 0.1) is 29.8 Å². The first-order chi connectivity index (χ1) is 13.0. The van der Waals surface area contributed by atoms with Gasteiger partial charge in [-0.3, -0.25) is 0 Å². The number of aliphatic hydroxyl groups is 3. The number of benzene rings is 1. The fourth-order valence-electron chi connectivity index (χ4n) is 3.73. The van der Waals surface area contributed by atoms with Gasteiger partial charge >= 0.3 is 0 Å². The van der Waals surface area contributed by atoms with Crippen LogP contribution in [0.4, 0.5) is 5.82 Å². The number of aromatic nitrogens is 4. The van der Waals surface area contributed by atoms with E-state index >= 15 is 0 Å². The Bertz CT molecular complexity index is 949. The van der Waals surface area contributed by atoms with Crippen LogP contribution in [0.1, 0.15) is 24.1 Å². The predicted molar refractivity (Wildman–Crippen MR) is 98.7 cm³/mol. The molecule has 4 rings (SSSR count). The lowest BCUT2D eigenvalue weighted by molar-refractivity contribution is -0.0271. The molecule has 0 unspecified atom stereocenters. The van der Waals surface area contributed by atoms with Crippen molar-refractivity contribution in [2.45, 2.75) is 30.8 Å². The first kappa shape index (κ1) is 18.1. The van der Waals surface area contributed by atoms with E-state index in [1.54, 1.807) is 35.1 Å². The number of nitrogens with two attached hydrogens (primary N) is 1. The van der Waals surface area contributed by atoms with Gasteiger partial charge in [-0.15, -0.1) is 0 Å². The predicted octanol–water partition coefficient (Wildman–Crippen LogP) is 0.782. The van der Waals surface area contributed by atoms with Crippen molar-refractivity contribution in [1.82, 2.24) is 19.7 Å². The van der Waals surface area contributed by atoms with Crippen LogP contribution in [0, 0.1) is 5.92 Å². The zero-order valence-corrected chi connectivity index (χ0v) is 14.9. The second-order valence-electron chi connectivity index (χ2n) is 6.64. The Labute approximate surface area is 159 Å². The zero-order chi connectivity index (χ0) is 19.1. The van der Waals surface area contributed by atoms with Gasteiger partial charge in [0.15, 0.2) is 11.5 Å². The van der Waals surface area contributed by atoms with E-state index in [-0.39, 0.29) is 0 Å². The van der Waals surface area contributed by atoms with Gasteiger partial charge in [0.2, 0.25) is 0 Å². The van der Waals surface area contributed by atoms with Gasteiger partial charge < -0.3 is 20.7 Å². The molecular weight excluding hydrogens is 372 g/mol. The van der Waals surface area contributed by atoms with E-state index < -0.39 is 30.3 Å². The number of hydrazine groups is 1. The highest BCUT2D eigenvalue weighted by atomic mass is 35.5. The number of hydrogen-bond donors (Lipinski definition) is 5. The number of hydrogen-bond acceptors (Lipinski definition) is 8. The zero-order valence-electron chi connectivity index (χ0n) is 14.1. The molecule has 0 spiro atoms. The summed E-state index contributed by atoms with van der Waals surface area (Å²) in [6, 6.07) is 6.21. The third-order valence-electron chi connectivity index (χ3n) is 5.16. The molecule has 27 heavy (non-hydrogen) atoms. The fourth-order valence-corrected chi connectivity index (χ4v) is 3.85. The highest BCUT2D eigenvalue weighted by molar-refractivity contribution is 6.30. The Morgan fingerprint density at radius 3 is 2.63 bits per heavy atom. The maximum atomic E-state index is 10.7. The molecule has 1 aliphatic rings. The van der Waals surface area contributed by atoms with Gasteiger partial charge in [-0.05, 0) is 24.1 Å². The number of nitrogen functional groups attached to an aromatic ring is 1. The maximum Gasteiger partial charge on any atom is 0.163 e. The fraction of sp³-hybridized carbons (Fsp3) is 0.353.